The Morgan fingerprint density at radius 2 is 1.87 bits per heavy atom. The maximum absolute atomic E-state index is 6.26. The van der Waals surface area contributed by atoms with Crippen LogP contribution in [0.4, 0.5) is 0 Å². The summed E-state index contributed by atoms with van der Waals surface area (Å²) in [5, 5.41) is 4.10. The number of aromatic nitrogens is 3. The van der Waals surface area contributed by atoms with Gasteiger partial charge in [0.25, 0.3) is 0 Å². The Morgan fingerprint density at radius 3 is 2.65 bits per heavy atom. The minimum Gasteiger partial charge on any atom is -0.487 e. The maximum Gasteiger partial charge on any atom is 0.231 e. The van der Waals surface area contributed by atoms with Crippen LogP contribution in [-0.4, -0.2) is 21.5 Å². The van der Waals surface area contributed by atoms with E-state index in [-0.39, 0.29) is 19.2 Å². The summed E-state index contributed by atoms with van der Waals surface area (Å²) in [5.41, 5.74) is 7.22. The lowest BCUT2D eigenvalue weighted by Crippen LogP contribution is -2.05. The van der Waals surface area contributed by atoms with Crippen LogP contribution in [0.1, 0.15) is 33.8 Å². The molecule has 1 aliphatic heterocycles. The highest BCUT2D eigenvalue weighted by atomic mass is 35.5. The molecule has 0 bridgehead atoms. The van der Waals surface area contributed by atoms with Crippen molar-refractivity contribution < 1.29 is 18.7 Å². The van der Waals surface area contributed by atoms with Crippen LogP contribution >= 0.6 is 12.4 Å². The van der Waals surface area contributed by atoms with Gasteiger partial charge in [-0.25, -0.2) is 0 Å². The number of rotatable bonds is 5. The molecule has 0 saturated carbocycles. The van der Waals surface area contributed by atoms with E-state index in [0.29, 0.717) is 13.2 Å². The predicted octanol–water partition coefficient (Wildman–Crippen LogP) is 5.04. The summed E-state index contributed by atoms with van der Waals surface area (Å²) < 4.78 is 24.7. The first kappa shape index (κ1) is 21.1. The van der Waals surface area contributed by atoms with E-state index < -0.39 is 0 Å². The highest BCUT2D eigenvalue weighted by molar-refractivity contribution is 5.86. The molecule has 0 fully saturated rings. The highest BCUT2D eigenvalue weighted by Crippen LogP contribution is 2.35. The van der Waals surface area contributed by atoms with Crippen LogP contribution < -0.4 is 14.2 Å². The summed E-state index contributed by atoms with van der Waals surface area (Å²) >= 11 is 0. The third-order valence-corrected chi connectivity index (χ3v) is 5.79. The van der Waals surface area contributed by atoms with Crippen molar-refractivity contribution in [3.63, 3.8) is 0 Å². The zero-order valence-electron chi connectivity index (χ0n) is 17.9. The Hall–Kier alpha value is -3.19. The summed E-state index contributed by atoms with van der Waals surface area (Å²) in [6.07, 6.45) is 1.80. The molecule has 0 amide bonds. The lowest BCUT2D eigenvalue weighted by Gasteiger charge is -2.13. The van der Waals surface area contributed by atoms with E-state index in [4.69, 9.17) is 18.7 Å². The number of hydrogen-bond donors (Lipinski definition) is 0. The molecule has 0 aliphatic carbocycles. The number of fused-ring (bicyclic) bond motifs is 2. The third-order valence-electron chi connectivity index (χ3n) is 5.79. The van der Waals surface area contributed by atoms with E-state index in [2.05, 4.69) is 28.6 Å². The number of pyridine rings is 1. The van der Waals surface area contributed by atoms with E-state index in [0.717, 1.165) is 62.1 Å². The molecule has 162 valence electrons. The lowest BCUT2D eigenvalue weighted by molar-refractivity contribution is 0.174. The molecule has 0 spiro atoms. The maximum atomic E-state index is 6.26. The molecular formula is C23H24ClN3O4. The summed E-state index contributed by atoms with van der Waals surface area (Å²) in [6.45, 7) is 9.45. The Bertz CT molecular complexity index is 1240. The average molecular weight is 442 g/mol. The number of benzene rings is 1. The zero-order valence-corrected chi connectivity index (χ0v) is 18.7. The Morgan fingerprint density at radius 1 is 1.06 bits per heavy atom. The van der Waals surface area contributed by atoms with Gasteiger partial charge in [-0.2, -0.15) is 0 Å². The first-order chi connectivity index (χ1) is 14.5. The Balaban J connectivity index is 0.00000231. The second-order valence-corrected chi connectivity index (χ2v) is 7.58. The summed E-state index contributed by atoms with van der Waals surface area (Å²) in [5.74, 6) is 3.15. The molecule has 0 unspecified atom stereocenters. The van der Waals surface area contributed by atoms with E-state index in [9.17, 15) is 0 Å². The first-order valence-corrected chi connectivity index (χ1v) is 9.90. The van der Waals surface area contributed by atoms with Gasteiger partial charge in [0.2, 0.25) is 6.79 Å². The number of hydrogen-bond acceptors (Lipinski definition) is 6. The molecule has 7 nitrogen and oxygen atoms in total. The van der Waals surface area contributed by atoms with Gasteiger partial charge in [0.15, 0.2) is 11.5 Å². The largest absolute Gasteiger partial charge is 0.487 e. The van der Waals surface area contributed by atoms with Gasteiger partial charge in [-0.05, 0) is 51.0 Å². The number of halogens is 1. The van der Waals surface area contributed by atoms with Crippen molar-refractivity contribution in [2.45, 2.75) is 40.8 Å². The van der Waals surface area contributed by atoms with Crippen molar-refractivity contribution in [1.29, 1.82) is 0 Å². The first-order valence-electron chi connectivity index (χ1n) is 9.90. The molecule has 4 heterocycles. The summed E-state index contributed by atoms with van der Waals surface area (Å²) in [7, 11) is 0. The van der Waals surface area contributed by atoms with Crippen LogP contribution in [0.25, 0.3) is 11.0 Å². The monoisotopic (exact) mass is 441 g/mol. The normalized spacial score (nSPS) is 12.3. The topological polar surface area (TPSA) is 71.5 Å². The second-order valence-electron chi connectivity index (χ2n) is 7.58. The van der Waals surface area contributed by atoms with Crippen molar-refractivity contribution in [3.8, 4) is 17.2 Å². The standard InChI is InChI=1S/C23H23N3O4.ClH/c1-13-15(3)26(10-18-14(2)25-30-16(18)4)23-20(7-8-24-22(13)23)27-11-17-5-6-19-21(9-17)29-12-28-19;/h5-9H,10-12H2,1-4H3;1H. The lowest BCUT2D eigenvalue weighted by atomic mass is 10.2. The van der Waals surface area contributed by atoms with Crippen molar-refractivity contribution in [2.24, 2.45) is 0 Å². The number of ether oxygens (including phenoxy) is 3. The quantitative estimate of drug-likeness (QED) is 0.432. The van der Waals surface area contributed by atoms with Crippen LogP contribution in [0, 0.1) is 27.7 Å². The van der Waals surface area contributed by atoms with Crippen molar-refractivity contribution in [3.05, 3.63) is 64.3 Å². The van der Waals surface area contributed by atoms with Gasteiger partial charge in [-0.15, -0.1) is 12.4 Å². The van der Waals surface area contributed by atoms with Crippen LogP contribution in [0.15, 0.2) is 35.0 Å². The molecule has 0 radical (unpaired) electrons. The van der Waals surface area contributed by atoms with Crippen molar-refractivity contribution in [1.82, 2.24) is 14.7 Å². The zero-order chi connectivity index (χ0) is 20.8. The van der Waals surface area contributed by atoms with Crippen LogP contribution in [0.5, 0.6) is 17.2 Å². The molecule has 1 aromatic carbocycles. The Labute approximate surface area is 186 Å². The van der Waals surface area contributed by atoms with Gasteiger partial charge >= 0.3 is 0 Å². The fraction of sp³-hybridized carbons (Fsp3) is 0.304. The molecule has 4 aromatic rings. The average Bonchev–Trinajstić information content (AvgIpc) is 3.41. The summed E-state index contributed by atoms with van der Waals surface area (Å²) in [4.78, 5) is 4.62. The van der Waals surface area contributed by atoms with E-state index in [1.54, 1.807) is 6.20 Å². The van der Waals surface area contributed by atoms with Crippen LogP contribution in [0.3, 0.4) is 0 Å². The fourth-order valence-corrected chi connectivity index (χ4v) is 3.90. The van der Waals surface area contributed by atoms with Crippen molar-refractivity contribution >= 4 is 23.4 Å². The molecule has 0 N–H and O–H groups in total. The molecule has 0 saturated heterocycles. The third kappa shape index (κ3) is 3.59. The van der Waals surface area contributed by atoms with Gasteiger partial charge < -0.3 is 23.3 Å². The predicted molar refractivity (Wildman–Crippen MR) is 118 cm³/mol. The van der Waals surface area contributed by atoms with E-state index in [1.807, 2.05) is 38.1 Å². The molecule has 8 heteroatoms. The highest BCUT2D eigenvalue weighted by Gasteiger charge is 2.20. The van der Waals surface area contributed by atoms with Crippen LogP contribution in [0.2, 0.25) is 0 Å². The molecule has 3 aromatic heterocycles. The van der Waals surface area contributed by atoms with Gasteiger partial charge in [-0.3, -0.25) is 4.98 Å². The molecule has 31 heavy (non-hydrogen) atoms. The summed E-state index contributed by atoms with van der Waals surface area (Å²) in [6, 6.07) is 7.78. The molecule has 1 aliphatic rings. The minimum atomic E-state index is 0. The smallest absolute Gasteiger partial charge is 0.231 e. The van der Waals surface area contributed by atoms with E-state index in [1.165, 1.54) is 0 Å². The second kappa shape index (κ2) is 8.15. The number of aryl methyl sites for hydroxylation is 3. The van der Waals surface area contributed by atoms with Gasteiger partial charge in [0.05, 0.1) is 17.8 Å². The fourth-order valence-electron chi connectivity index (χ4n) is 3.90. The number of nitrogens with zero attached hydrogens (tertiary/aromatic N) is 3. The van der Waals surface area contributed by atoms with E-state index >= 15 is 0 Å². The Kier molecular flexibility index (Phi) is 5.54. The molecule has 0 atom stereocenters. The van der Waals surface area contributed by atoms with Crippen LogP contribution in [-0.2, 0) is 13.2 Å². The van der Waals surface area contributed by atoms with Gasteiger partial charge in [0.1, 0.15) is 23.6 Å². The van der Waals surface area contributed by atoms with Crippen molar-refractivity contribution in [2.75, 3.05) is 6.79 Å². The minimum absolute atomic E-state index is 0. The molecule has 5 rings (SSSR count). The van der Waals surface area contributed by atoms with Gasteiger partial charge in [-0.1, -0.05) is 11.2 Å². The SMILES string of the molecule is Cc1noc(C)c1Cn1c(C)c(C)c2nccc(OCc3ccc4c(c3)OCO4)c21.Cl. The van der Waals surface area contributed by atoms with Gasteiger partial charge in [0, 0.05) is 23.5 Å². The molecular weight excluding hydrogens is 418 g/mol.